The van der Waals surface area contributed by atoms with Crippen molar-refractivity contribution < 1.29 is 27.8 Å². The van der Waals surface area contributed by atoms with Crippen LogP contribution in [0.25, 0.3) is 16.8 Å². The first-order valence-electron chi connectivity index (χ1n) is 7.73. The number of phenols is 1. The zero-order valence-corrected chi connectivity index (χ0v) is 14.0. The average molecular weight is 377 g/mol. The zero-order valence-electron chi connectivity index (χ0n) is 14.0. The molecule has 1 heterocycles. The maximum Gasteiger partial charge on any atom is 0.573 e. The number of hydrogen-bond donors (Lipinski definition) is 1. The fourth-order valence-electron chi connectivity index (χ4n) is 2.54. The number of alkyl halides is 3. The lowest BCUT2D eigenvalue weighted by Crippen LogP contribution is -2.17. The number of ether oxygens (including phenoxy) is 2. The molecule has 0 spiro atoms. The Morgan fingerprint density at radius 2 is 1.67 bits per heavy atom. The van der Waals surface area contributed by atoms with Gasteiger partial charge in [0, 0.05) is 18.3 Å². The molecule has 0 saturated carbocycles. The van der Waals surface area contributed by atoms with Gasteiger partial charge in [-0.15, -0.1) is 13.2 Å². The third-order valence-corrected chi connectivity index (χ3v) is 3.78. The Hall–Kier alpha value is -3.42. The summed E-state index contributed by atoms with van der Waals surface area (Å²) in [4.78, 5) is 12.4. The van der Waals surface area contributed by atoms with Crippen LogP contribution in [-0.4, -0.2) is 23.1 Å². The van der Waals surface area contributed by atoms with E-state index in [-0.39, 0.29) is 22.8 Å². The van der Waals surface area contributed by atoms with Gasteiger partial charge in [-0.2, -0.15) is 0 Å². The largest absolute Gasteiger partial charge is 0.573 e. The summed E-state index contributed by atoms with van der Waals surface area (Å²) >= 11 is 0. The molecule has 1 N–H and O–H groups in total. The molecule has 2 aromatic carbocycles. The van der Waals surface area contributed by atoms with E-state index >= 15 is 0 Å². The minimum Gasteiger partial charge on any atom is -0.504 e. The summed E-state index contributed by atoms with van der Waals surface area (Å²) in [5.74, 6) is -0.161. The molecule has 8 heteroatoms. The summed E-state index contributed by atoms with van der Waals surface area (Å²) in [6, 6.07) is 12.7. The van der Waals surface area contributed by atoms with Gasteiger partial charge in [-0.25, -0.2) is 0 Å². The van der Waals surface area contributed by atoms with E-state index in [0.717, 1.165) is 0 Å². The Balaban J connectivity index is 1.90. The summed E-state index contributed by atoms with van der Waals surface area (Å²) in [6.45, 7) is 0. The van der Waals surface area contributed by atoms with Crippen LogP contribution in [-0.2, 0) is 0 Å². The van der Waals surface area contributed by atoms with E-state index < -0.39 is 6.36 Å². The zero-order chi connectivity index (χ0) is 19.6. The van der Waals surface area contributed by atoms with Crippen LogP contribution in [0.2, 0.25) is 0 Å². The number of methoxy groups -OCH3 is 1. The maximum atomic E-state index is 12.4. The van der Waals surface area contributed by atoms with Crippen molar-refractivity contribution in [3.05, 3.63) is 71.1 Å². The monoisotopic (exact) mass is 377 g/mol. The Bertz CT molecular complexity index is 1010. The molecule has 3 rings (SSSR count). The molecule has 1 aromatic heterocycles. The van der Waals surface area contributed by atoms with Crippen LogP contribution in [0.5, 0.6) is 17.2 Å². The van der Waals surface area contributed by atoms with Gasteiger partial charge in [0.15, 0.2) is 11.5 Å². The van der Waals surface area contributed by atoms with E-state index in [2.05, 4.69) is 4.74 Å². The van der Waals surface area contributed by atoms with Gasteiger partial charge >= 0.3 is 6.36 Å². The molecular formula is C19H14F3NO4. The molecule has 5 nitrogen and oxygen atoms in total. The van der Waals surface area contributed by atoms with Gasteiger partial charge in [0.05, 0.1) is 12.8 Å². The highest BCUT2D eigenvalue weighted by molar-refractivity contribution is 5.64. The number of pyridine rings is 1. The highest BCUT2D eigenvalue weighted by atomic mass is 19.4. The van der Waals surface area contributed by atoms with E-state index in [9.17, 15) is 23.1 Å². The van der Waals surface area contributed by atoms with Crippen LogP contribution < -0.4 is 15.0 Å². The second-order valence-electron chi connectivity index (χ2n) is 5.55. The SMILES string of the molecule is COc1cc(-n2ccc(-c3ccc(OC(F)(F)F)cc3)cc2=O)ccc1O. The lowest BCUT2D eigenvalue weighted by atomic mass is 10.1. The second kappa shape index (κ2) is 7.06. The number of halogens is 3. The molecule has 0 bridgehead atoms. The molecule has 0 saturated heterocycles. The summed E-state index contributed by atoms with van der Waals surface area (Å²) < 4.78 is 46.8. The third kappa shape index (κ3) is 4.22. The maximum absolute atomic E-state index is 12.4. The van der Waals surface area contributed by atoms with Crippen molar-refractivity contribution in [2.75, 3.05) is 7.11 Å². The molecule has 0 fully saturated rings. The van der Waals surface area contributed by atoms with Crippen LogP contribution in [0.1, 0.15) is 0 Å². The first-order chi connectivity index (χ1) is 12.8. The lowest BCUT2D eigenvalue weighted by Gasteiger charge is -2.11. The fourth-order valence-corrected chi connectivity index (χ4v) is 2.54. The van der Waals surface area contributed by atoms with Crippen LogP contribution in [0.3, 0.4) is 0 Å². The van der Waals surface area contributed by atoms with E-state index in [1.807, 2.05) is 0 Å². The van der Waals surface area contributed by atoms with Crippen LogP contribution >= 0.6 is 0 Å². The first kappa shape index (κ1) is 18.4. The molecule has 0 unspecified atom stereocenters. The smallest absolute Gasteiger partial charge is 0.504 e. The topological polar surface area (TPSA) is 60.7 Å². The van der Waals surface area contributed by atoms with E-state index in [1.165, 1.54) is 60.3 Å². The van der Waals surface area contributed by atoms with Gasteiger partial charge in [-0.05, 0) is 41.5 Å². The van der Waals surface area contributed by atoms with Crippen molar-refractivity contribution in [2.45, 2.75) is 6.36 Å². The number of nitrogens with zero attached hydrogens (tertiary/aromatic N) is 1. The van der Waals surface area contributed by atoms with Crippen molar-refractivity contribution in [1.29, 1.82) is 0 Å². The number of benzene rings is 2. The van der Waals surface area contributed by atoms with Gasteiger partial charge in [0.1, 0.15) is 5.75 Å². The molecule has 140 valence electrons. The van der Waals surface area contributed by atoms with Crippen molar-refractivity contribution in [3.8, 4) is 34.1 Å². The van der Waals surface area contributed by atoms with Crippen LogP contribution in [0.15, 0.2) is 65.6 Å². The van der Waals surface area contributed by atoms with E-state index in [4.69, 9.17) is 4.74 Å². The molecule has 0 aliphatic carbocycles. The lowest BCUT2D eigenvalue weighted by molar-refractivity contribution is -0.274. The molecule has 0 aliphatic rings. The van der Waals surface area contributed by atoms with Crippen LogP contribution in [0.4, 0.5) is 13.2 Å². The van der Waals surface area contributed by atoms with Gasteiger partial charge in [-0.1, -0.05) is 12.1 Å². The summed E-state index contributed by atoms with van der Waals surface area (Å²) in [5.41, 5.74) is 1.25. The van der Waals surface area contributed by atoms with Gasteiger partial charge in [-0.3, -0.25) is 9.36 Å². The highest BCUT2D eigenvalue weighted by Crippen LogP contribution is 2.28. The van der Waals surface area contributed by atoms with Gasteiger partial charge < -0.3 is 14.6 Å². The number of phenolic OH excluding ortho intramolecular Hbond substituents is 1. The third-order valence-electron chi connectivity index (χ3n) is 3.78. The van der Waals surface area contributed by atoms with Crippen molar-refractivity contribution in [1.82, 2.24) is 4.57 Å². The van der Waals surface area contributed by atoms with Gasteiger partial charge in [0.25, 0.3) is 5.56 Å². The molecule has 0 amide bonds. The van der Waals surface area contributed by atoms with E-state index in [0.29, 0.717) is 16.8 Å². The number of hydrogen-bond acceptors (Lipinski definition) is 4. The molecule has 0 radical (unpaired) electrons. The van der Waals surface area contributed by atoms with Gasteiger partial charge in [0.2, 0.25) is 0 Å². The minimum atomic E-state index is -4.76. The highest BCUT2D eigenvalue weighted by Gasteiger charge is 2.30. The summed E-state index contributed by atoms with van der Waals surface area (Å²) in [5, 5.41) is 9.64. The quantitative estimate of drug-likeness (QED) is 0.743. The Kier molecular flexibility index (Phi) is 4.81. The second-order valence-corrected chi connectivity index (χ2v) is 5.55. The fraction of sp³-hybridized carbons (Fsp3) is 0.105. The summed E-state index contributed by atoms with van der Waals surface area (Å²) in [6.07, 6.45) is -3.23. The molecule has 0 aliphatic heterocycles. The Morgan fingerprint density at radius 3 is 2.26 bits per heavy atom. The van der Waals surface area contributed by atoms with Crippen molar-refractivity contribution in [2.24, 2.45) is 0 Å². The van der Waals surface area contributed by atoms with E-state index in [1.54, 1.807) is 12.1 Å². The predicted octanol–water partition coefficient (Wildman–Crippen LogP) is 4.12. The number of aromatic hydroxyl groups is 1. The Morgan fingerprint density at radius 1 is 0.963 bits per heavy atom. The summed E-state index contributed by atoms with van der Waals surface area (Å²) in [7, 11) is 1.40. The van der Waals surface area contributed by atoms with Crippen LogP contribution in [0, 0.1) is 0 Å². The predicted molar refractivity (Wildman–Crippen MR) is 92.4 cm³/mol. The normalized spacial score (nSPS) is 11.3. The minimum absolute atomic E-state index is 0.0490. The standard InChI is InChI=1S/C19H14F3NO4/c1-26-17-11-14(4-7-16(17)24)23-9-8-13(10-18(23)25)12-2-5-15(6-3-12)27-19(20,21)22/h2-11,24H,1H3. The molecule has 3 aromatic rings. The van der Waals surface area contributed by atoms with Crippen molar-refractivity contribution >= 4 is 0 Å². The molecule has 0 atom stereocenters. The Labute approximate surface area is 151 Å². The average Bonchev–Trinajstić information content (AvgIpc) is 2.61. The molecular weight excluding hydrogens is 363 g/mol. The number of rotatable bonds is 4. The number of aromatic nitrogens is 1. The first-order valence-corrected chi connectivity index (χ1v) is 7.73. The molecule has 27 heavy (non-hydrogen) atoms. The van der Waals surface area contributed by atoms with Crippen molar-refractivity contribution in [3.63, 3.8) is 0 Å².